The first kappa shape index (κ1) is 24.2. The van der Waals surface area contributed by atoms with Crippen molar-refractivity contribution in [3.8, 4) is 0 Å². The van der Waals surface area contributed by atoms with Gasteiger partial charge in [0.25, 0.3) is 5.91 Å². The van der Waals surface area contributed by atoms with Gasteiger partial charge in [0.2, 0.25) is 5.91 Å². The van der Waals surface area contributed by atoms with Crippen LogP contribution in [0.4, 0.5) is 5.69 Å². The molecular formula is C31H35N3O2. The Labute approximate surface area is 214 Å². The van der Waals surface area contributed by atoms with Gasteiger partial charge in [-0.25, -0.2) is 0 Å². The molecule has 1 fully saturated rings. The number of rotatable bonds is 5. The first-order valence-corrected chi connectivity index (χ1v) is 13.3. The number of amides is 2. The highest BCUT2D eigenvalue weighted by molar-refractivity contribution is 5.99. The third-order valence-electron chi connectivity index (χ3n) is 7.53. The van der Waals surface area contributed by atoms with Gasteiger partial charge >= 0.3 is 0 Å². The van der Waals surface area contributed by atoms with E-state index in [1.54, 1.807) is 6.20 Å². The van der Waals surface area contributed by atoms with Gasteiger partial charge in [0, 0.05) is 19.3 Å². The number of carbonyl (C=O) groups excluding carboxylic acids is 2. The Balaban J connectivity index is 1.37. The van der Waals surface area contributed by atoms with Crippen molar-refractivity contribution >= 4 is 17.5 Å². The molecule has 2 aliphatic rings. The number of carbonyl (C=O) groups is 2. The molecule has 36 heavy (non-hydrogen) atoms. The summed E-state index contributed by atoms with van der Waals surface area (Å²) in [5.41, 5.74) is 5.72. The van der Waals surface area contributed by atoms with E-state index < -0.39 is 0 Å². The molecule has 2 amide bonds. The predicted molar refractivity (Wildman–Crippen MR) is 143 cm³/mol. The summed E-state index contributed by atoms with van der Waals surface area (Å²) in [6.07, 6.45) is 6.85. The Morgan fingerprint density at radius 2 is 1.75 bits per heavy atom. The molecule has 3 aromatic rings. The van der Waals surface area contributed by atoms with E-state index in [2.05, 4.69) is 55.2 Å². The highest BCUT2D eigenvalue weighted by Crippen LogP contribution is 2.33. The first-order chi connectivity index (χ1) is 17.5. The monoisotopic (exact) mass is 481 g/mol. The average Bonchev–Trinajstić information content (AvgIpc) is 2.92. The molecule has 1 aromatic heterocycles. The smallest absolute Gasteiger partial charge is 0.256 e. The van der Waals surface area contributed by atoms with E-state index in [0.29, 0.717) is 24.4 Å². The second kappa shape index (κ2) is 10.7. The number of likely N-dealkylation sites (tertiary alicyclic amines) is 1. The molecule has 5 rings (SSSR count). The van der Waals surface area contributed by atoms with Gasteiger partial charge in [-0.15, -0.1) is 0 Å². The van der Waals surface area contributed by atoms with Crippen LogP contribution < -0.4 is 4.90 Å². The molecule has 0 radical (unpaired) electrons. The Morgan fingerprint density at radius 3 is 2.50 bits per heavy atom. The van der Waals surface area contributed by atoms with Crippen LogP contribution >= 0.6 is 0 Å². The summed E-state index contributed by atoms with van der Waals surface area (Å²) in [5, 5.41) is 0. The van der Waals surface area contributed by atoms with E-state index in [-0.39, 0.29) is 17.9 Å². The van der Waals surface area contributed by atoms with Gasteiger partial charge in [-0.05, 0) is 60.8 Å². The lowest BCUT2D eigenvalue weighted by atomic mass is 9.94. The number of benzene rings is 2. The largest absolute Gasteiger partial charge is 0.332 e. The van der Waals surface area contributed by atoms with Gasteiger partial charge < -0.3 is 9.80 Å². The molecule has 0 spiro atoms. The normalized spacial score (nSPS) is 17.7. The molecule has 2 aromatic carbocycles. The van der Waals surface area contributed by atoms with E-state index in [4.69, 9.17) is 0 Å². The van der Waals surface area contributed by atoms with Crippen LogP contribution in [0.2, 0.25) is 0 Å². The molecule has 5 heteroatoms. The quantitative estimate of drug-likeness (QED) is 0.443. The lowest BCUT2D eigenvalue weighted by Crippen LogP contribution is -2.39. The van der Waals surface area contributed by atoms with Crippen LogP contribution in [-0.2, 0) is 17.6 Å². The van der Waals surface area contributed by atoms with Gasteiger partial charge in [-0.2, -0.15) is 0 Å². The zero-order valence-corrected chi connectivity index (χ0v) is 21.3. The molecule has 186 valence electrons. The molecule has 0 bridgehead atoms. The van der Waals surface area contributed by atoms with Gasteiger partial charge in [0.1, 0.15) is 0 Å². The van der Waals surface area contributed by atoms with Crippen molar-refractivity contribution in [1.82, 2.24) is 9.88 Å². The maximum atomic E-state index is 13.7. The highest BCUT2D eigenvalue weighted by atomic mass is 16.2. The van der Waals surface area contributed by atoms with Gasteiger partial charge in [0.15, 0.2) is 0 Å². The summed E-state index contributed by atoms with van der Waals surface area (Å²) in [4.78, 5) is 35.6. The van der Waals surface area contributed by atoms with Crippen molar-refractivity contribution in [1.29, 1.82) is 0 Å². The van der Waals surface area contributed by atoms with Gasteiger partial charge in [0.05, 0.1) is 29.4 Å². The summed E-state index contributed by atoms with van der Waals surface area (Å²) in [6.45, 7) is 5.74. The van der Waals surface area contributed by atoms with Crippen molar-refractivity contribution in [3.63, 3.8) is 0 Å². The van der Waals surface area contributed by atoms with E-state index >= 15 is 0 Å². The number of fused-ring (bicyclic) bond motifs is 1. The van der Waals surface area contributed by atoms with Crippen molar-refractivity contribution in [2.45, 2.75) is 64.3 Å². The number of pyridine rings is 1. The van der Waals surface area contributed by atoms with Gasteiger partial charge in [-0.1, -0.05) is 68.4 Å². The van der Waals surface area contributed by atoms with Crippen molar-refractivity contribution in [2.24, 2.45) is 0 Å². The molecule has 0 aliphatic carbocycles. The molecular weight excluding hydrogens is 446 g/mol. The standard InChI is InChI=1S/C31H35N3O2/c1-22(2)24-15-13-23(14-16-24)19-30(35)33-18-8-11-27-29(33)20-26(21-32-27)31(36)34-17-7-6-12-28(34)25-9-4-3-5-10-25/h3-5,9-10,13-16,20-22,28H,6-8,11-12,17-19H2,1-2H3/t28-/m1/s1. The van der Waals surface area contributed by atoms with Crippen LogP contribution in [0.3, 0.4) is 0 Å². The van der Waals surface area contributed by atoms with Gasteiger partial charge in [-0.3, -0.25) is 14.6 Å². The molecule has 0 saturated carbocycles. The minimum Gasteiger partial charge on any atom is -0.332 e. The lowest BCUT2D eigenvalue weighted by Gasteiger charge is -2.36. The average molecular weight is 482 g/mol. The van der Waals surface area contributed by atoms with Crippen LogP contribution in [0.5, 0.6) is 0 Å². The zero-order chi connectivity index (χ0) is 25.1. The Kier molecular flexibility index (Phi) is 7.17. The van der Waals surface area contributed by atoms with E-state index in [9.17, 15) is 9.59 Å². The lowest BCUT2D eigenvalue weighted by molar-refractivity contribution is -0.118. The third kappa shape index (κ3) is 5.06. The maximum Gasteiger partial charge on any atom is 0.256 e. The fourth-order valence-electron chi connectivity index (χ4n) is 5.46. The molecule has 1 atom stereocenters. The van der Waals surface area contributed by atoms with Crippen LogP contribution in [-0.4, -0.2) is 34.8 Å². The number of anilines is 1. The number of aromatic nitrogens is 1. The summed E-state index contributed by atoms with van der Waals surface area (Å²) >= 11 is 0. The minimum absolute atomic E-state index is 0.00102. The Bertz CT molecular complexity index is 1220. The van der Waals surface area contributed by atoms with Crippen LogP contribution in [0, 0.1) is 0 Å². The Hall–Kier alpha value is -3.47. The van der Waals surface area contributed by atoms with E-state index in [1.807, 2.05) is 34.1 Å². The fourth-order valence-corrected chi connectivity index (χ4v) is 5.46. The second-order valence-electron chi connectivity index (χ2n) is 10.3. The summed E-state index contributed by atoms with van der Waals surface area (Å²) in [7, 11) is 0. The topological polar surface area (TPSA) is 53.5 Å². The summed E-state index contributed by atoms with van der Waals surface area (Å²) in [6, 6.07) is 20.6. The molecule has 1 saturated heterocycles. The third-order valence-corrected chi connectivity index (χ3v) is 7.53. The maximum absolute atomic E-state index is 13.7. The molecule has 5 nitrogen and oxygen atoms in total. The minimum atomic E-state index is 0.00102. The van der Waals surface area contributed by atoms with E-state index in [0.717, 1.165) is 55.6 Å². The SMILES string of the molecule is CC(C)c1ccc(CC(=O)N2CCCc3ncc(C(=O)N4CCCC[C@@H]4c4ccccc4)cc32)cc1. The zero-order valence-electron chi connectivity index (χ0n) is 21.3. The highest BCUT2D eigenvalue weighted by Gasteiger charge is 2.31. The summed E-state index contributed by atoms with van der Waals surface area (Å²) in [5.74, 6) is 0.521. The summed E-state index contributed by atoms with van der Waals surface area (Å²) < 4.78 is 0. The number of hydrogen-bond acceptors (Lipinski definition) is 3. The predicted octanol–water partition coefficient (Wildman–Crippen LogP) is 6.09. The Morgan fingerprint density at radius 1 is 0.972 bits per heavy atom. The number of piperidine rings is 1. The molecule has 0 unspecified atom stereocenters. The van der Waals surface area contributed by atoms with Crippen molar-refractivity contribution in [2.75, 3.05) is 18.0 Å². The van der Waals surface area contributed by atoms with Crippen LogP contribution in [0.15, 0.2) is 66.9 Å². The van der Waals surface area contributed by atoms with Crippen molar-refractivity contribution < 1.29 is 9.59 Å². The van der Waals surface area contributed by atoms with Crippen LogP contribution in [0.1, 0.15) is 84.2 Å². The molecule has 3 heterocycles. The fraction of sp³-hybridized carbons (Fsp3) is 0.387. The van der Waals surface area contributed by atoms with E-state index in [1.165, 1.54) is 11.1 Å². The van der Waals surface area contributed by atoms with Crippen LogP contribution in [0.25, 0.3) is 0 Å². The number of nitrogens with zero attached hydrogens (tertiary/aromatic N) is 3. The first-order valence-electron chi connectivity index (χ1n) is 13.3. The number of aryl methyl sites for hydroxylation is 1. The van der Waals surface area contributed by atoms with Crippen molar-refractivity contribution in [3.05, 3.63) is 94.8 Å². The second-order valence-corrected chi connectivity index (χ2v) is 10.3. The molecule has 0 N–H and O–H groups in total. The molecule has 2 aliphatic heterocycles. The number of hydrogen-bond donors (Lipinski definition) is 0.